The van der Waals surface area contributed by atoms with Crippen molar-refractivity contribution < 1.29 is 9.53 Å². The maximum absolute atomic E-state index is 11.7. The van der Waals surface area contributed by atoms with Crippen molar-refractivity contribution in [1.29, 1.82) is 5.26 Å². The average Bonchev–Trinajstić information content (AvgIpc) is 2.47. The third-order valence-electron chi connectivity index (χ3n) is 3.39. The third kappa shape index (κ3) is 4.27. The topological polar surface area (TPSA) is 62.1 Å². The molecular weight excluding hydrogens is 252 g/mol. The van der Waals surface area contributed by atoms with Gasteiger partial charge in [-0.15, -0.1) is 0 Å². The van der Waals surface area contributed by atoms with Crippen LogP contribution in [0.4, 0.5) is 0 Å². The molecule has 1 atom stereocenters. The number of benzene rings is 1. The molecule has 0 aliphatic rings. The molecule has 1 aromatic carbocycles. The normalized spacial score (nSPS) is 12.3. The van der Waals surface area contributed by atoms with Gasteiger partial charge in [-0.1, -0.05) is 19.1 Å². The van der Waals surface area contributed by atoms with Gasteiger partial charge < -0.3 is 10.1 Å². The molecule has 108 valence electrons. The van der Waals surface area contributed by atoms with Crippen LogP contribution >= 0.6 is 0 Å². The van der Waals surface area contributed by atoms with E-state index in [1.807, 2.05) is 30.3 Å². The zero-order valence-corrected chi connectivity index (χ0v) is 12.6. The van der Waals surface area contributed by atoms with Crippen LogP contribution in [0.2, 0.25) is 0 Å². The molecule has 1 rings (SSSR count). The van der Waals surface area contributed by atoms with Gasteiger partial charge in [-0.25, -0.2) is 0 Å². The van der Waals surface area contributed by atoms with Gasteiger partial charge in [0.15, 0.2) is 0 Å². The van der Waals surface area contributed by atoms with Crippen molar-refractivity contribution in [3.63, 3.8) is 0 Å². The first-order valence-electron chi connectivity index (χ1n) is 6.74. The Balaban J connectivity index is 2.45. The van der Waals surface area contributed by atoms with Crippen LogP contribution in [0.1, 0.15) is 38.7 Å². The number of nitriles is 1. The predicted molar refractivity (Wildman–Crippen MR) is 78.4 cm³/mol. The van der Waals surface area contributed by atoms with E-state index in [1.54, 1.807) is 21.0 Å². The van der Waals surface area contributed by atoms with Gasteiger partial charge in [0.2, 0.25) is 5.91 Å². The van der Waals surface area contributed by atoms with Crippen molar-refractivity contribution in [3.05, 3.63) is 29.8 Å². The highest BCUT2D eigenvalue weighted by Gasteiger charge is 2.26. The van der Waals surface area contributed by atoms with Crippen molar-refractivity contribution in [1.82, 2.24) is 5.32 Å². The summed E-state index contributed by atoms with van der Waals surface area (Å²) in [6.45, 7) is 5.92. The van der Waals surface area contributed by atoms with Crippen LogP contribution in [0.5, 0.6) is 5.75 Å². The molecule has 0 spiro atoms. The van der Waals surface area contributed by atoms with E-state index in [9.17, 15) is 4.79 Å². The molecule has 0 aliphatic carbocycles. The minimum atomic E-state index is -0.969. The van der Waals surface area contributed by atoms with E-state index in [-0.39, 0.29) is 5.91 Å². The maximum atomic E-state index is 11.7. The first kappa shape index (κ1) is 16.0. The SMILES string of the molecule is COc1ccc([C@H](C)CCNC(=O)C(C)(C)C#N)cc1. The lowest BCUT2D eigenvalue weighted by Gasteiger charge is -2.17. The number of amides is 1. The molecule has 0 saturated carbocycles. The van der Waals surface area contributed by atoms with Crippen molar-refractivity contribution in [2.24, 2.45) is 5.41 Å². The summed E-state index contributed by atoms with van der Waals surface area (Å²) in [5.41, 5.74) is 0.239. The van der Waals surface area contributed by atoms with E-state index in [0.717, 1.165) is 12.2 Å². The van der Waals surface area contributed by atoms with Crippen molar-refractivity contribution in [2.45, 2.75) is 33.1 Å². The number of nitrogens with zero attached hydrogens (tertiary/aromatic N) is 1. The molecule has 1 N–H and O–H groups in total. The highest BCUT2D eigenvalue weighted by atomic mass is 16.5. The smallest absolute Gasteiger partial charge is 0.239 e. The molecule has 1 amide bonds. The Bertz CT molecular complexity index is 486. The quantitative estimate of drug-likeness (QED) is 0.867. The van der Waals surface area contributed by atoms with Gasteiger partial charge in [-0.3, -0.25) is 4.79 Å². The highest BCUT2D eigenvalue weighted by molar-refractivity contribution is 5.84. The lowest BCUT2D eigenvalue weighted by atomic mass is 9.94. The standard InChI is InChI=1S/C16H22N2O2/c1-12(13-5-7-14(20-4)8-6-13)9-10-18-15(19)16(2,3)11-17/h5-8,12H,9-10H2,1-4H3,(H,18,19)/t12-/m1/s1. The second-order valence-electron chi connectivity index (χ2n) is 5.46. The molecule has 0 unspecified atom stereocenters. The Morgan fingerprint density at radius 3 is 2.50 bits per heavy atom. The summed E-state index contributed by atoms with van der Waals surface area (Å²) in [5, 5.41) is 11.7. The molecule has 4 heteroatoms. The summed E-state index contributed by atoms with van der Waals surface area (Å²) in [7, 11) is 1.64. The van der Waals surface area contributed by atoms with Crippen LogP contribution in [0, 0.1) is 16.7 Å². The summed E-state index contributed by atoms with van der Waals surface area (Å²) < 4.78 is 5.12. The fourth-order valence-electron chi connectivity index (χ4n) is 1.77. The maximum Gasteiger partial charge on any atom is 0.239 e. The van der Waals surface area contributed by atoms with E-state index < -0.39 is 5.41 Å². The Kier molecular flexibility index (Phi) is 5.57. The van der Waals surface area contributed by atoms with Crippen LogP contribution in [0.3, 0.4) is 0 Å². The number of hydrogen-bond acceptors (Lipinski definition) is 3. The van der Waals surface area contributed by atoms with E-state index in [1.165, 1.54) is 5.56 Å². The van der Waals surface area contributed by atoms with Gasteiger partial charge in [0.25, 0.3) is 0 Å². The van der Waals surface area contributed by atoms with Crippen LogP contribution in [-0.2, 0) is 4.79 Å². The minimum absolute atomic E-state index is 0.220. The number of ether oxygens (including phenoxy) is 1. The van der Waals surface area contributed by atoms with Gasteiger partial charge in [0, 0.05) is 6.54 Å². The molecule has 0 fully saturated rings. The van der Waals surface area contributed by atoms with Gasteiger partial charge in [0.05, 0.1) is 13.2 Å². The number of hydrogen-bond donors (Lipinski definition) is 1. The molecule has 4 nitrogen and oxygen atoms in total. The van der Waals surface area contributed by atoms with Gasteiger partial charge in [0.1, 0.15) is 11.2 Å². The first-order chi connectivity index (χ1) is 9.40. The number of carbonyl (C=O) groups excluding carboxylic acids is 1. The first-order valence-corrected chi connectivity index (χ1v) is 6.74. The van der Waals surface area contributed by atoms with Crippen LogP contribution in [0.25, 0.3) is 0 Å². The summed E-state index contributed by atoms with van der Waals surface area (Å²) in [6.07, 6.45) is 0.833. The zero-order chi connectivity index (χ0) is 15.2. The van der Waals surface area contributed by atoms with Crippen molar-refractivity contribution >= 4 is 5.91 Å². The van der Waals surface area contributed by atoms with E-state index in [4.69, 9.17) is 10.00 Å². The second-order valence-corrected chi connectivity index (χ2v) is 5.46. The van der Waals surface area contributed by atoms with Crippen LogP contribution in [0.15, 0.2) is 24.3 Å². The molecule has 0 bridgehead atoms. The van der Waals surface area contributed by atoms with Crippen molar-refractivity contribution in [2.75, 3.05) is 13.7 Å². The molecule has 0 saturated heterocycles. The second kappa shape index (κ2) is 6.95. The molecule has 0 aromatic heterocycles. The Hall–Kier alpha value is -2.02. The fourth-order valence-corrected chi connectivity index (χ4v) is 1.77. The summed E-state index contributed by atoms with van der Waals surface area (Å²) in [5.74, 6) is 0.957. The summed E-state index contributed by atoms with van der Waals surface area (Å²) >= 11 is 0. The lowest BCUT2D eigenvalue weighted by molar-refractivity contribution is -0.126. The number of carbonyl (C=O) groups is 1. The Morgan fingerprint density at radius 2 is 2.00 bits per heavy atom. The van der Waals surface area contributed by atoms with E-state index in [2.05, 4.69) is 12.2 Å². The monoisotopic (exact) mass is 274 g/mol. The minimum Gasteiger partial charge on any atom is -0.497 e. The molecule has 20 heavy (non-hydrogen) atoms. The highest BCUT2D eigenvalue weighted by Crippen LogP contribution is 2.21. The van der Waals surface area contributed by atoms with Crippen LogP contribution < -0.4 is 10.1 Å². The lowest BCUT2D eigenvalue weighted by Crippen LogP contribution is -2.36. The largest absolute Gasteiger partial charge is 0.497 e. The average molecular weight is 274 g/mol. The number of methoxy groups -OCH3 is 1. The zero-order valence-electron chi connectivity index (χ0n) is 12.6. The van der Waals surface area contributed by atoms with Crippen molar-refractivity contribution in [3.8, 4) is 11.8 Å². The van der Waals surface area contributed by atoms with E-state index in [0.29, 0.717) is 12.5 Å². The predicted octanol–water partition coefficient (Wildman–Crippen LogP) is 2.85. The van der Waals surface area contributed by atoms with Gasteiger partial charge in [-0.2, -0.15) is 5.26 Å². The number of rotatable bonds is 6. The summed E-state index contributed by atoms with van der Waals surface area (Å²) in [6, 6.07) is 9.93. The fraction of sp³-hybridized carbons (Fsp3) is 0.500. The molecule has 0 heterocycles. The summed E-state index contributed by atoms with van der Waals surface area (Å²) in [4.78, 5) is 11.7. The van der Waals surface area contributed by atoms with Crippen LogP contribution in [-0.4, -0.2) is 19.6 Å². The Morgan fingerprint density at radius 1 is 1.40 bits per heavy atom. The molecule has 1 aromatic rings. The third-order valence-corrected chi connectivity index (χ3v) is 3.39. The molecule has 0 radical (unpaired) electrons. The van der Waals surface area contributed by atoms with E-state index >= 15 is 0 Å². The Labute approximate surface area is 120 Å². The number of nitrogens with one attached hydrogen (secondary N) is 1. The molecular formula is C16H22N2O2. The van der Waals surface area contributed by atoms with Gasteiger partial charge >= 0.3 is 0 Å². The van der Waals surface area contributed by atoms with Gasteiger partial charge in [-0.05, 0) is 43.9 Å². The molecule has 0 aliphatic heterocycles.